The van der Waals surface area contributed by atoms with Gasteiger partial charge in [0, 0.05) is 33.8 Å². The minimum absolute atomic E-state index is 0.538. The Morgan fingerprint density at radius 3 is 1.62 bits per heavy atom. The van der Waals surface area contributed by atoms with E-state index in [4.69, 9.17) is 13.9 Å². The maximum atomic E-state index is 7.02. The van der Waals surface area contributed by atoms with E-state index in [2.05, 4.69) is 217 Å². The lowest BCUT2D eigenvalue weighted by Crippen LogP contribution is -2.28. The first-order valence-electron chi connectivity index (χ1n) is 22.1. The second-order valence-corrected chi connectivity index (χ2v) is 16.8. The van der Waals surface area contributed by atoms with Crippen LogP contribution in [0.1, 0.15) is 22.3 Å². The van der Waals surface area contributed by atoms with Crippen molar-refractivity contribution >= 4 is 39.0 Å². The monoisotopic (exact) mass is 833 g/mol. The molecule has 0 fully saturated rings. The molecule has 4 nitrogen and oxygen atoms in total. The molecule has 0 saturated heterocycles. The van der Waals surface area contributed by atoms with Crippen molar-refractivity contribution in [3.63, 3.8) is 0 Å². The molecule has 10 aromatic carbocycles. The first-order chi connectivity index (χ1) is 32.2. The van der Waals surface area contributed by atoms with Gasteiger partial charge < -0.3 is 18.8 Å². The first-order valence-corrected chi connectivity index (χ1v) is 22.1. The molecule has 2 heterocycles. The Balaban J connectivity index is 0.902. The fraction of sp³-hybridized carbons (Fsp3) is 0.0164. The van der Waals surface area contributed by atoms with Gasteiger partial charge in [0.15, 0.2) is 23.0 Å². The number of hydrogen-bond acceptors (Lipinski definition) is 4. The highest BCUT2D eigenvalue weighted by Crippen LogP contribution is 2.62. The van der Waals surface area contributed by atoms with Gasteiger partial charge in [-0.3, -0.25) is 0 Å². The topological polar surface area (TPSA) is 34.8 Å². The van der Waals surface area contributed by atoms with Gasteiger partial charge >= 0.3 is 0 Å². The van der Waals surface area contributed by atoms with Gasteiger partial charge in [-0.15, -0.1) is 0 Å². The lowest BCUT2D eigenvalue weighted by Gasteiger charge is -2.34. The molecular weight excluding hydrogens is 795 g/mol. The number of para-hydroxylation sites is 1. The van der Waals surface area contributed by atoms with Crippen molar-refractivity contribution in [3.05, 3.63) is 259 Å². The summed E-state index contributed by atoms with van der Waals surface area (Å²) in [5.41, 5.74) is 15.8. The van der Waals surface area contributed by atoms with Gasteiger partial charge in [0.2, 0.25) is 0 Å². The summed E-state index contributed by atoms with van der Waals surface area (Å²) in [6, 6.07) is 83.6. The average Bonchev–Trinajstić information content (AvgIpc) is 3.91. The van der Waals surface area contributed by atoms with Crippen LogP contribution in [0.3, 0.4) is 0 Å². The largest absolute Gasteiger partial charge is 0.456 e. The molecule has 0 atom stereocenters. The molecule has 0 spiro atoms. The Kier molecular flexibility index (Phi) is 8.40. The summed E-state index contributed by atoms with van der Waals surface area (Å²) >= 11 is 0. The normalized spacial score (nSPS) is 13.0. The maximum absolute atomic E-state index is 7.02. The summed E-state index contributed by atoms with van der Waals surface area (Å²) in [6.07, 6.45) is 0. The van der Waals surface area contributed by atoms with E-state index in [1.807, 2.05) is 24.3 Å². The minimum atomic E-state index is -0.538. The zero-order chi connectivity index (χ0) is 42.9. The molecule has 0 bridgehead atoms. The van der Waals surface area contributed by atoms with Crippen LogP contribution in [0.5, 0.6) is 23.0 Å². The van der Waals surface area contributed by atoms with Gasteiger partial charge in [0.25, 0.3) is 0 Å². The van der Waals surface area contributed by atoms with Crippen molar-refractivity contribution in [2.75, 3.05) is 4.90 Å². The van der Waals surface area contributed by atoms with Gasteiger partial charge in [-0.25, -0.2) is 0 Å². The highest BCUT2D eigenvalue weighted by atomic mass is 16.6. The highest BCUT2D eigenvalue weighted by molar-refractivity contribution is 6.06. The highest BCUT2D eigenvalue weighted by Gasteiger charge is 2.48. The number of hydrogen-bond donors (Lipinski definition) is 0. The van der Waals surface area contributed by atoms with E-state index < -0.39 is 5.41 Å². The lowest BCUT2D eigenvalue weighted by molar-refractivity contribution is 0.360. The van der Waals surface area contributed by atoms with Crippen LogP contribution in [0.25, 0.3) is 55.3 Å². The van der Waals surface area contributed by atoms with Crippen LogP contribution in [0.4, 0.5) is 17.1 Å². The van der Waals surface area contributed by atoms with Crippen LogP contribution >= 0.6 is 0 Å². The van der Waals surface area contributed by atoms with Crippen molar-refractivity contribution < 1.29 is 13.9 Å². The molecule has 11 aromatic rings. The number of furan rings is 1. The van der Waals surface area contributed by atoms with Crippen molar-refractivity contribution in [3.8, 4) is 56.4 Å². The zero-order valence-corrected chi connectivity index (χ0v) is 35.2. The molecule has 0 saturated carbocycles. The SMILES string of the molecule is c1ccc(-c2ccc(N(c3ccc(-c4ccc5oc6ccccc6c5c4)cc3)c3ccc4c(c3)Oc3ccc5c(c3O4)-c3ccccc3C5(c3ccccc3)c3ccccc3)cc2)cc1. The number of nitrogens with zero attached hydrogens (tertiary/aromatic N) is 1. The van der Waals surface area contributed by atoms with Crippen LogP contribution < -0.4 is 14.4 Å². The predicted octanol–water partition coefficient (Wildman–Crippen LogP) is 16.7. The number of benzene rings is 10. The molecule has 1 aliphatic heterocycles. The minimum Gasteiger partial charge on any atom is -0.456 e. The fourth-order valence-electron chi connectivity index (χ4n) is 10.3. The fourth-order valence-corrected chi connectivity index (χ4v) is 10.3. The van der Waals surface area contributed by atoms with E-state index in [1.54, 1.807) is 0 Å². The Morgan fingerprint density at radius 1 is 0.338 bits per heavy atom. The van der Waals surface area contributed by atoms with Crippen molar-refractivity contribution in [1.82, 2.24) is 0 Å². The summed E-state index contributed by atoms with van der Waals surface area (Å²) in [5, 5.41) is 2.23. The van der Waals surface area contributed by atoms with Crippen molar-refractivity contribution in [1.29, 1.82) is 0 Å². The molecule has 306 valence electrons. The molecule has 0 unspecified atom stereocenters. The van der Waals surface area contributed by atoms with Crippen LogP contribution in [0, 0.1) is 0 Å². The molecule has 0 radical (unpaired) electrons. The van der Waals surface area contributed by atoms with E-state index in [-0.39, 0.29) is 0 Å². The molecule has 1 aliphatic carbocycles. The summed E-state index contributed by atoms with van der Waals surface area (Å²) in [7, 11) is 0. The first kappa shape index (κ1) is 37.0. The summed E-state index contributed by atoms with van der Waals surface area (Å²) in [4.78, 5) is 2.28. The Bertz CT molecular complexity index is 3540. The maximum Gasteiger partial charge on any atom is 0.178 e. The Morgan fingerprint density at radius 2 is 0.892 bits per heavy atom. The van der Waals surface area contributed by atoms with Gasteiger partial charge in [-0.2, -0.15) is 0 Å². The van der Waals surface area contributed by atoms with Gasteiger partial charge in [-0.05, 0) is 111 Å². The molecule has 2 aliphatic rings. The number of rotatable bonds is 7. The summed E-state index contributed by atoms with van der Waals surface area (Å²) < 4.78 is 20.1. The number of anilines is 3. The van der Waals surface area contributed by atoms with E-state index in [9.17, 15) is 0 Å². The zero-order valence-electron chi connectivity index (χ0n) is 35.2. The van der Waals surface area contributed by atoms with Gasteiger partial charge in [0.05, 0.1) is 11.1 Å². The number of ether oxygens (including phenoxy) is 2. The van der Waals surface area contributed by atoms with Crippen LogP contribution in [-0.2, 0) is 5.41 Å². The summed E-state index contributed by atoms with van der Waals surface area (Å²) in [6.45, 7) is 0. The van der Waals surface area contributed by atoms with Crippen LogP contribution in [0.2, 0.25) is 0 Å². The third-order valence-corrected chi connectivity index (χ3v) is 13.2. The third-order valence-electron chi connectivity index (χ3n) is 13.2. The molecule has 1 aromatic heterocycles. The average molecular weight is 834 g/mol. The molecule has 13 rings (SSSR count). The number of fused-ring (bicyclic) bond motifs is 9. The Labute approximate surface area is 376 Å². The van der Waals surface area contributed by atoms with Gasteiger partial charge in [-0.1, -0.05) is 170 Å². The Hall–Kier alpha value is -8.60. The quantitative estimate of drug-likeness (QED) is 0.160. The van der Waals surface area contributed by atoms with Crippen LogP contribution in [0.15, 0.2) is 241 Å². The predicted molar refractivity (Wildman–Crippen MR) is 263 cm³/mol. The third kappa shape index (κ3) is 5.85. The van der Waals surface area contributed by atoms with E-state index >= 15 is 0 Å². The standard InChI is InChI=1S/C61H39NO3/c1-4-14-40(15-5-1)41-24-29-46(30-25-41)62(47-31-26-42(27-32-47)43-28-35-55-51(38-43)49-20-11-13-23-54(49)63-55)48-33-36-56-58(39-48)64-57-37-34-53-59(60(57)65-56)50-21-10-12-22-52(50)61(53,44-16-6-2-7-17-44)45-18-8-3-9-19-45/h1-39H. The second-order valence-electron chi connectivity index (χ2n) is 16.8. The van der Waals surface area contributed by atoms with Gasteiger partial charge in [0.1, 0.15) is 11.2 Å². The molecule has 4 heteroatoms. The molecular formula is C61H39NO3. The second kappa shape index (κ2) is 14.8. The van der Waals surface area contributed by atoms with E-state index in [1.165, 1.54) is 27.8 Å². The van der Waals surface area contributed by atoms with E-state index in [0.29, 0.717) is 17.2 Å². The van der Waals surface area contributed by atoms with Crippen LogP contribution in [-0.4, -0.2) is 0 Å². The smallest absolute Gasteiger partial charge is 0.178 e. The van der Waals surface area contributed by atoms with E-state index in [0.717, 1.165) is 72.6 Å². The molecule has 65 heavy (non-hydrogen) atoms. The molecule has 0 N–H and O–H groups in total. The van der Waals surface area contributed by atoms with Crippen molar-refractivity contribution in [2.45, 2.75) is 5.41 Å². The molecule has 0 amide bonds. The summed E-state index contributed by atoms with van der Waals surface area (Å²) in [5.74, 6) is 2.74. The lowest BCUT2D eigenvalue weighted by atomic mass is 9.68. The van der Waals surface area contributed by atoms with Crippen molar-refractivity contribution in [2.24, 2.45) is 0 Å².